The van der Waals surface area contributed by atoms with Crippen molar-refractivity contribution in [2.45, 2.75) is 12.5 Å². The van der Waals surface area contributed by atoms with Crippen molar-refractivity contribution in [2.24, 2.45) is 0 Å². The molecule has 0 amide bonds. The maximum Gasteiger partial charge on any atom is 0.345 e. The minimum atomic E-state index is -0.828. The highest BCUT2D eigenvalue weighted by molar-refractivity contribution is 7.14. The number of aromatic carboxylic acids is 1. The normalized spacial score (nSPS) is 21.8. The molecule has 1 aromatic heterocycles. The molecule has 0 bridgehead atoms. The Kier molecular flexibility index (Phi) is 1.86. The van der Waals surface area contributed by atoms with Gasteiger partial charge in [-0.25, -0.2) is 4.79 Å². The van der Waals surface area contributed by atoms with E-state index in [-0.39, 0.29) is 0 Å². The second kappa shape index (κ2) is 2.88. The molecule has 3 nitrogen and oxygen atoms in total. The van der Waals surface area contributed by atoms with Crippen LogP contribution in [0.2, 0.25) is 0 Å². The molecular formula is C8H9NO2S. The zero-order valence-electron chi connectivity index (χ0n) is 6.41. The number of carboxylic acid groups (broad SMARTS) is 1. The van der Waals surface area contributed by atoms with Gasteiger partial charge in [-0.05, 0) is 25.1 Å². The summed E-state index contributed by atoms with van der Waals surface area (Å²) in [5.41, 5.74) is 0. The number of carbonyl (C=O) groups is 1. The monoisotopic (exact) mass is 183 g/mol. The third kappa shape index (κ3) is 1.23. The van der Waals surface area contributed by atoms with Gasteiger partial charge in [-0.3, -0.25) is 0 Å². The first kappa shape index (κ1) is 7.76. The highest BCUT2D eigenvalue weighted by atomic mass is 32.1. The number of hydrogen-bond donors (Lipinski definition) is 2. The molecule has 2 heterocycles. The summed E-state index contributed by atoms with van der Waals surface area (Å²) in [6, 6.07) is 3.97. The van der Waals surface area contributed by atoms with Crippen LogP contribution in [0, 0.1) is 0 Å². The zero-order valence-corrected chi connectivity index (χ0v) is 7.23. The zero-order chi connectivity index (χ0) is 8.55. The molecule has 2 rings (SSSR count). The first-order valence-electron chi connectivity index (χ1n) is 3.84. The Balaban J connectivity index is 2.17. The summed E-state index contributed by atoms with van der Waals surface area (Å²) in [4.78, 5) is 12.1. The third-order valence-electron chi connectivity index (χ3n) is 2.00. The van der Waals surface area contributed by atoms with E-state index in [0.717, 1.165) is 17.8 Å². The van der Waals surface area contributed by atoms with E-state index in [4.69, 9.17) is 5.11 Å². The standard InChI is InChI=1S/C8H9NO2S/c10-8(11)7-2-1-6(12-7)5-3-4-9-5/h1-2,5,9H,3-4H2,(H,10,11)/t5-/m0/s1. The molecule has 0 spiro atoms. The lowest BCUT2D eigenvalue weighted by Gasteiger charge is -2.26. The molecule has 2 N–H and O–H groups in total. The summed E-state index contributed by atoms with van der Waals surface area (Å²) in [7, 11) is 0. The van der Waals surface area contributed by atoms with Crippen LogP contribution in [0.25, 0.3) is 0 Å². The van der Waals surface area contributed by atoms with Crippen molar-refractivity contribution >= 4 is 17.3 Å². The number of nitrogens with one attached hydrogen (secondary N) is 1. The Morgan fingerprint density at radius 3 is 2.83 bits per heavy atom. The minimum Gasteiger partial charge on any atom is -0.477 e. The van der Waals surface area contributed by atoms with Gasteiger partial charge in [0.15, 0.2) is 0 Å². The molecule has 1 aromatic rings. The summed E-state index contributed by atoms with van der Waals surface area (Å²) in [6.45, 7) is 1.05. The molecule has 1 aliphatic heterocycles. The number of rotatable bonds is 2. The van der Waals surface area contributed by atoms with Gasteiger partial charge in [0.05, 0.1) is 0 Å². The maximum absolute atomic E-state index is 10.5. The average molecular weight is 183 g/mol. The third-order valence-corrected chi connectivity index (χ3v) is 3.19. The van der Waals surface area contributed by atoms with E-state index in [0.29, 0.717) is 10.9 Å². The second-order valence-electron chi connectivity index (χ2n) is 2.80. The van der Waals surface area contributed by atoms with Gasteiger partial charge in [0.2, 0.25) is 0 Å². The molecule has 1 atom stereocenters. The van der Waals surface area contributed by atoms with Crippen LogP contribution in [0.5, 0.6) is 0 Å². The molecule has 1 aliphatic rings. The molecule has 64 valence electrons. The maximum atomic E-state index is 10.5. The van der Waals surface area contributed by atoms with Crippen molar-refractivity contribution in [1.29, 1.82) is 0 Å². The molecule has 1 saturated heterocycles. The van der Waals surface area contributed by atoms with Gasteiger partial charge in [0, 0.05) is 10.9 Å². The van der Waals surface area contributed by atoms with Crippen LogP contribution in [0.3, 0.4) is 0 Å². The van der Waals surface area contributed by atoms with Crippen molar-refractivity contribution < 1.29 is 9.90 Å². The van der Waals surface area contributed by atoms with Gasteiger partial charge in [-0.1, -0.05) is 0 Å². The van der Waals surface area contributed by atoms with Crippen molar-refractivity contribution in [3.8, 4) is 0 Å². The molecule has 4 heteroatoms. The first-order valence-corrected chi connectivity index (χ1v) is 4.65. The van der Waals surface area contributed by atoms with E-state index in [1.54, 1.807) is 6.07 Å². The Morgan fingerprint density at radius 1 is 1.67 bits per heavy atom. The fourth-order valence-electron chi connectivity index (χ4n) is 1.19. The van der Waals surface area contributed by atoms with Crippen LogP contribution in [0.15, 0.2) is 12.1 Å². The van der Waals surface area contributed by atoms with Crippen molar-refractivity contribution in [3.63, 3.8) is 0 Å². The van der Waals surface area contributed by atoms with Crippen LogP contribution in [-0.2, 0) is 0 Å². The minimum absolute atomic E-state index is 0.406. The summed E-state index contributed by atoms with van der Waals surface area (Å²) < 4.78 is 0. The number of carboxylic acids is 1. The van der Waals surface area contributed by atoms with Crippen LogP contribution in [-0.4, -0.2) is 17.6 Å². The number of hydrogen-bond acceptors (Lipinski definition) is 3. The Hall–Kier alpha value is -0.870. The van der Waals surface area contributed by atoms with Crippen molar-refractivity contribution in [2.75, 3.05) is 6.54 Å². The highest BCUT2D eigenvalue weighted by Crippen LogP contribution is 2.29. The Labute approximate surface area is 74.0 Å². The van der Waals surface area contributed by atoms with Crippen molar-refractivity contribution in [1.82, 2.24) is 5.32 Å². The molecule has 0 saturated carbocycles. The molecule has 0 unspecified atom stereocenters. The highest BCUT2D eigenvalue weighted by Gasteiger charge is 2.20. The SMILES string of the molecule is O=C(O)c1ccc([C@@H]2CCN2)s1. The lowest BCUT2D eigenvalue weighted by Crippen LogP contribution is -2.34. The Bertz CT molecular complexity index is 304. The summed E-state index contributed by atoms with van der Waals surface area (Å²) in [5, 5.41) is 11.9. The van der Waals surface area contributed by atoms with E-state index in [2.05, 4.69) is 5.32 Å². The largest absolute Gasteiger partial charge is 0.477 e. The summed E-state index contributed by atoms with van der Waals surface area (Å²) >= 11 is 1.36. The van der Waals surface area contributed by atoms with E-state index in [1.165, 1.54) is 11.3 Å². The fraction of sp³-hybridized carbons (Fsp3) is 0.375. The van der Waals surface area contributed by atoms with Crippen LogP contribution < -0.4 is 5.32 Å². The fourth-order valence-corrected chi connectivity index (χ4v) is 2.14. The average Bonchev–Trinajstić information content (AvgIpc) is 2.32. The summed E-state index contributed by atoms with van der Waals surface area (Å²) in [5.74, 6) is -0.828. The molecule has 0 aromatic carbocycles. The molecular weight excluding hydrogens is 174 g/mol. The first-order chi connectivity index (χ1) is 5.77. The van der Waals surface area contributed by atoms with E-state index in [1.807, 2.05) is 6.07 Å². The predicted molar refractivity (Wildman–Crippen MR) is 46.6 cm³/mol. The van der Waals surface area contributed by atoms with E-state index >= 15 is 0 Å². The second-order valence-corrected chi connectivity index (χ2v) is 3.92. The van der Waals surface area contributed by atoms with E-state index < -0.39 is 5.97 Å². The van der Waals surface area contributed by atoms with E-state index in [9.17, 15) is 4.79 Å². The quantitative estimate of drug-likeness (QED) is 0.730. The van der Waals surface area contributed by atoms with Gasteiger partial charge >= 0.3 is 5.97 Å². The van der Waals surface area contributed by atoms with Crippen LogP contribution in [0.4, 0.5) is 0 Å². The Morgan fingerprint density at radius 2 is 2.42 bits per heavy atom. The van der Waals surface area contributed by atoms with Gasteiger partial charge in [0.25, 0.3) is 0 Å². The van der Waals surface area contributed by atoms with Gasteiger partial charge in [0.1, 0.15) is 4.88 Å². The molecule has 1 fully saturated rings. The molecule has 12 heavy (non-hydrogen) atoms. The summed E-state index contributed by atoms with van der Waals surface area (Å²) in [6.07, 6.45) is 1.12. The number of thiophene rings is 1. The predicted octanol–water partition coefficient (Wildman–Crippen LogP) is 1.48. The smallest absolute Gasteiger partial charge is 0.345 e. The van der Waals surface area contributed by atoms with Crippen LogP contribution in [0.1, 0.15) is 27.0 Å². The van der Waals surface area contributed by atoms with Crippen LogP contribution >= 0.6 is 11.3 Å². The molecule has 0 aliphatic carbocycles. The van der Waals surface area contributed by atoms with Gasteiger partial charge in [-0.15, -0.1) is 11.3 Å². The van der Waals surface area contributed by atoms with Crippen molar-refractivity contribution in [3.05, 3.63) is 21.9 Å². The van der Waals surface area contributed by atoms with Gasteiger partial charge < -0.3 is 10.4 Å². The topological polar surface area (TPSA) is 49.3 Å². The van der Waals surface area contributed by atoms with Gasteiger partial charge in [-0.2, -0.15) is 0 Å². The lowest BCUT2D eigenvalue weighted by atomic mass is 10.1. The lowest BCUT2D eigenvalue weighted by molar-refractivity contribution is 0.0702. The molecule has 0 radical (unpaired) electrons.